The second kappa shape index (κ2) is 6.34. The van der Waals surface area contributed by atoms with Crippen LogP contribution in [0.1, 0.15) is 34.2 Å². The van der Waals surface area contributed by atoms with E-state index in [-0.39, 0.29) is 12.3 Å². The number of imide groups is 1. The number of nitrogens with zero attached hydrogens (tertiary/aromatic N) is 1. The molecule has 0 radical (unpaired) electrons. The topological polar surface area (TPSA) is 82.3 Å². The minimum absolute atomic E-state index is 0.270. The molecule has 4 rings (SSSR count). The summed E-state index contributed by atoms with van der Waals surface area (Å²) < 4.78 is 0. The number of aryl methyl sites for hydroxylation is 2. The first-order chi connectivity index (χ1) is 13.3. The smallest absolute Gasteiger partial charge is 0.325 e. The summed E-state index contributed by atoms with van der Waals surface area (Å²) in [5.41, 5.74) is 1.57. The van der Waals surface area contributed by atoms with Gasteiger partial charge in [-0.25, -0.2) is 4.79 Å². The summed E-state index contributed by atoms with van der Waals surface area (Å²) in [4.78, 5) is 42.4. The number of nitrogens with one attached hydrogen (secondary N) is 2. The summed E-state index contributed by atoms with van der Waals surface area (Å²) in [6.07, 6.45) is 0. The van der Waals surface area contributed by atoms with Gasteiger partial charge in [-0.15, -0.1) is 0 Å². The Bertz CT molecular complexity index is 1130. The van der Waals surface area contributed by atoms with Crippen molar-refractivity contribution in [1.29, 1.82) is 0 Å². The first-order valence-corrected chi connectivity index (χ1v) is 9.12. The molecule has 0 unspecified atom stereocenters. The molecule has 0 aliphatic carbocycles. The predicted octanol–water partition coefficient (Wildman–Crippen LogP) is 3.43. The highest BCUT2D eigenvalue weighted by molar-refractivity contribution is 6.11. The highest BCUT2D eigenvalue weighted by atomic mass is 16.2. The summed E-state index contributed by atoms with van der Waals surface area (Å²) in [5, 5.41) is 4.80. The lowest BCUT2D eigenvalue weighted by atomic mass is 9.90. The third-order valence-electron chi connectivity index (χ3n) is 5.35. The van der Waals surface area contributed by atoms with Crippen molar-refractivity contribution in [3.05, 3.63) is 71.0 Å². The van der Waals surface area contributed by atoms with E-state index in [1.54, 1.807) is 19.9 Å². The Morgan fingerprint density at radius 2 is 1.75 bits per heavy atom. The second-order valence-electron chi connectivity index (χ2n) is 7.42. The first-order valence-electron chi connectivity index (χ1n) is 9.12. The van der Waals surface area contributed by atoms with Crippen LogP contribution in [0.25, 0.3) is 10.8 Å². The second-order valence-corrected chi connectivity index (χ2v) is 7.42. The largest absolute Gasteiger partial charge is 0.362 e. The number of hydrogen-bond donors (Lipinski definition) is 2. The molecule has 2 aromatic carbocycles. The zero-order chi connectivity index (χ0) is 20.1. The van der Waals surface area contributed by atoms with Crippen LogP contribution in [0.4, 0.5) is 4.79 Å². The molecule has 0 bridgehead atoms. The quantitative estimate of drug-likeness (QED) is 0.541. The Morgan fingerprint density at radius 3 is 2.43 bits per heavy atom. The van der Waals surface area contributed by atoms with Gasteiger partial charge in [-0.05, 0) is 49.2 Å². The highest BCUT2D eigenvalue weighted by Gasteiger charge is 2.49. The molecular weight excluding hydrogens is 354 g/mol. The maximum absolute atomic E-state index is 13.1. The number of amides is 3. The lowest BCUT2D eigenvalue weighted by Gasteiger charge is -2.22. The fourth-order valence-corrected chi connectivity index (χ4v) is 3.78. The van der Waals surface area contributed by atoms with Crippen LogP contribution in [0.3, 0.4) is 0 Å². The van der Waals surface area contributed by atoms with E-state index in [0.717, 1.165) is 27.1 Å². The zero-order valence-electron chi connectivity index (χ0n) is 16.0. The molecule has 3 aromatic rings. The molecule has 1 saturated heterocycles. The molecule has 0 saturated carbocycles. The van der Waals surface area contributed by atoms with Crippen molar-refractivity contribution in [3.63, 3.8) is 0 Å². The first kappa shape index (κ1) is 18.0. The van der Waals surface area contributed by atoms with Crippen molar-refractivity contribution in [2.75, 3.05) is 6.54 Å². The molecule has 3 amide bonds. The number of aromatic nitrogens is 1. The molecule has 6 nitrogen and oxygen atoms in total. The van der Waals surface area contributed by atoms with Gasteiger partial charge < -0.3 is 10.3 Å². The normalized spacial score (nSPS) is 19.3. The van der Waals surface area contributed by atoms with Gasteiger partial charge in [-0.2, -0.15) is 0 Å². The number of benzene rings is 2. The zero-order valence-corrected chi connectivity index (χ0v) is 16.0. The molecule has 1 aliphatic rings. The molecule has 1 aromatic heterocycles. The monoisotopic (exact) mass is 375 g/mol. The molecule has 6 heteroatoms. The van der Waals surface area contributed by atoms with Crippen LogP contribution < -0.4 is 5.32 Å². The number of carbonyl (C=O) groups excluding carboxylic acids is 3. The van der Waals surface area contributed by atoms with Gasteiger partial charge in [0.15, 0.2) is 5.78 Å². The fourth-order valence-electron chi connectivity index (χ4n) is 3.78. The van der Waals surface area contributed by atoms with Crippen molar-refractivity contribution in [3.8, 4) is 0 Å². The molecule has 1 fully saturated rings. The van der Waals surface area contributed by atoms with Gasteiger partial charge in [0, 0.05) is 17.0 Å². The molecule has 1 aliphatic heterocycles. The number of hydrogen-bond acceptors (Lipinski definition) is 3. The number of rotatable bonds is 4. The fraction of sp³-hybridized carbons (Fsp3) is 0.227. The van der Waals surface area contributed by atoms with Crippen molar-refractivity contribution < 1.29 is 14.4 Å². The van der Waals surface area contributed by atoms with E-state index in [9.17, 15) is 14.4 Å². The van der Waals surface area contributed by atoms with Crippen molar-refractivity contribution in [1.82, 2.24) is 15.2 Å². The number of carbonyl (C=O) groups is 3. The summed E-state index contributed by atoms with van der Waals surface area (Å²) in [5.74, 6) is -0.695. The lowest BCUT2D eigenvalue weighted by molar-refractivity contribution is -0.130. The van der Waals surface area contributed by atoms with E-state index < -0.39 is 17.5 Å². The summed E-state index contributed by atoms with van der Waals surface area (Å²) >= 11 is 0. The Morgan fingerprint density at radius 1 is 1.04 bits per heavy atom. The number of H-pyrrole nitrogens is 1. The van der Waals surface area contributed by atoms with Crippen molar-refractivity contribution in [2.24, 2.45) is 0 Å². The van der Waals surface area contributed by atoms with E-state index in [2.05, 4.69) is 10.3 Å². The molecule has 2 N–H and O–H groups in total. The van der Waals surface area contributed by atoms with E-state index >= 15 is 0 Å². The molecule has 0 spiro atoms. The minimum atomic E-state index is -1.20. The maximum Gasteiger partial charge on any atom is 0.325 e. The van der Waals surface area contributed by atoms with Crippen LogP contribution in [-0.2, 0) is 10.3 Å². The van der Waals surface area contributed by atoms with E-state index in [4.69, 9.17) is 0 Å². The number of ketones is 1. The van der Waals surface area contributed by atoms with E-state index in [1.807, 2.05) is 49.4 Å². The van der Waals surface area contributed by atoms with Crippen LogP contribution in [0, 0.1) is 13.8 Å². The molecular formula is C22H21N3O3. The van der Waals surface area contributed by atoms with Crippen LogP contribution in [-0.4, -0.2) is 34.2 Å². The Kier molecular flexibility index (Phi) is 4.07. The number of fused-ring (bicyclic) bond motifs is 1. The average Bonchev–Trinajstić information content (AvgIpc) is 3.12. The molecule has 28 heavy (non-hydrogen) atoms. The average molecular weight is 375 g/mol. The van der Waals surface area contributed by atoms with Gasteiger partial charge in [-0.1, -0.05) is 36.4 Å². The van der Waals surface area contributed by atoms with Crippen molar-refractivity contribution >= 4 is 28.5 Å². The van der Waals surface area contributed by atoms with Gasteiger partial charge in [0.1, 0.15) is 5.54 Å². The summed E-state index contributed by atoms with van der Waals surface area (Å²) in [6, 6.07) is 14.7. The highest BCUT2D eigenvalue weighted by Crippen LogP contribution is 2.31. The van der Waals surface area contributed by atoms with E-state index in [0.29, 0.717) is 11.1 Å². The van der Waals surface area contributed by atoms with Gasteiger partial charge in [-0.3, -0.25) is 14.5 Å². The molecule has 1 atom stereocenters. The van der Waals surface area contributed by atoms with Gasteiger partial charge in [0.25, 0.3) is 5.91 Å². The van der Waals surface area contributed by atoms with Crippen LogP contribution in [0.2, 0.25) is 0 Å². The molecule has 2 heterocycles. The SMILES string of the molecule is Cc1cc(C(=O)CN2C(=O)N[C@@](C)(c3ccc4ccccc4c3)C2=O)c(C)[nH]1. The van der Waals surface area contributed by atoms with Crippen molar-refractivity contribution in [2.45, 2.75) is 26.3 Å². The Labute approximate surface area is 162 Å². The Balaban J connectivity index is 1.63. The van der Waals surface area contributed by atoms with E-state index in [1.165, 1.54) is 0 Å². The van der Waals surface area contributed by atoms with Gasteiger partial charge in [0.05, 0.1) is 6.54 Å². The standard InChI is InChI=1S/C22H21N3O3/c1-13-10-18(14(2)23-13)19(26)12-25-20(27)22(3,24-21(25)28)17-9-8-15-6-4-5-7-16(15)11-17/h4-11,23H,12H2,1-3H3,(H,24,28)/t22-/m0/s1. The summed E-state index contributed by atoms with van der Waals surface area (Å²) in [6.45, 7) is 5.04. The minimum Gasteiger partial charge on any atom is -0.362 e. The van der Waals surface area contributed by atoms with Gasteiger partial charge in [0.2, 0.25) is 0 Å². The number of aromatic amines is 1. The molecule has 142 valence electrons. The van der Waals surface area contributed by atoms with Crippen LogP contribution in [0.5, 0.6) is 0 Å². The third-order valence-corrected chi connectivity index (χ3v) is 5.35. The third kappa shape index (κ3) is 2.78. The Hall–Kier alpha value is -3.41. The van der Waals surface area contributed by atoms with Crippen LogP contribution in [0.15, 0.2) is 48.5 Å². The predicted molar refractivity (Wildman–Crippen MR) is 106 cm³/mol. The lowest BCUT2D eigenvalue weighted by Crippen LogP contribution is -2.41. The van der Waals surface area contributed by atoms with Crippen LogP contribution >= 0.6 is 0 Å². The van der Waals surface area contributed by atoms with Gasteiger partial charge >= 0.3 is 6.03 Å². The maximum atomic E-state index is 13.1. The number of urea groups is 1. The summed E-state index contributed by atoms with van der Waals surface area (Å²) in [7, 11) is 0. The number of Topliss-reactive ketones (excluding diaryl/α,β-unsaturated/α-hetero) is 1.